The maximum Gasteiger partial charge on any atom is 0.259 e. The third-order valence-corrected chi connectivity index (χ3v) is 4.34. The Hall–Kier alpha value is -2.28. The molecule has 0 aliphatic rings. The summed E-state index contributed by atoms with van der Waals surface area (Å²) in [5.74, 6) is -2.97. The molecule has 1 aromatic heterocycles. The Bertz CT molecular complexity index is 741. The largest absolute Gasteiger partial charge is 0.366 e. The fourth-order valence-corrected chi connectivity index (χ4v) is 2.87. The number of benzene rings is 1. The van der Waals surface area contributed by atoms with E-state index in [2.05, 4.69) is 5.32 Å². The summed E-state index contributed by atoms with van der Waals surface area (Å²) in [6.45, 7) is 3.85. The van der Waals surface area contributed by atoms with Gasteiger partial charge < -0.3 is 11.1 Å². The molecule has 2 aromatic rings. The summed E-state index contributed by atoms with van der Waals surface area (Å²) in [7, 11) is 0. The first-order valence-electron chi connectivity index (χ1n) is 6.49. The molecular weight excluding hydrogens is 310 g/mol. The number of primary amides is 1. The average Bonchev–Trinajstić information content (AvgIpc) is 2.85. The van der Waals surface area contributed by atoms with E-state index < -0.39 is 29.0 Å². The maximum atomic E-state index is 13.6. The van der Waals surface area contributed by atoms with Crippen LogP contribution in [0.4, 0.5) is 13.8 Å². The molecule has 3 N–H and O–H groups in total. The van der Waals surface area contributed by atoms with Crippen LogP contribution < -0.4 is 11.1 Å². The topological polar surface area (TPSA) is 72.2 Å². The van der Waals surface area contributed by atoms with Gasteiger partial charge in [-0.1, -0.05) is 13.8 Å². The van der Waals surface area contributed by atoms with E-state index in [1.807, 2.05) is 13.8 Å². The molecule has 0 unspecified atom stereocenters. The van der Waals surface area contributed by atoms with Crippen molar-refractivity contribution in [3.8, 4) is 0 Å². The van der Waals surface area contributed by atoms with Crippen LogP contribution in [0.5, 0.6) is 0 Å². The fourth-order valence-electron chi connectivity index (χ4n) is 1.81. The second kappa shape index (κ2) is 6.23. The minimum Gasteiger partial charge on any atom is -0.366 e. The van der Waals surface area contributed by atoms with Crippen LogP contribution in [0.15, 0.2) is 24.3 Å². The molecule has 7 heteroatoms. The van der Waals surface area contributed by atoms with Crippen LogP contribution in [-0.2, 0) is 0 Å². The Balaban J connectivity index is 2.35. The van der Waals surface area contributed by atoms with Crippen molar-refractivity contribution in [3.05, 3.63) is 51.9 Å². The highest BCUT2D eigenvalue weighted by molar-refractivity contribution is 7.16. The molecule has 1 aromatic carbocycles. The Morgan fingerprint density at radius 3 is 2.45 bits per heavy atom. The van der Waals surface area contributed by atoms with E-state index in [0.29, 0.717) is 0 Å². The number of carbonyl (C=O) groups excluding carboxylic acids is 2. The second-order valence-corrected chi connectivity index (χ2v) is 6.07. The van der Waals surface area contributed by atoms with Gasteiger partial charge in [-0.3, -0.25) is 9.59 Å². The van der Waals surface area contributed by atoms with Gasteiger partial charge in [0.2, 0.25) is 0 Å². The molecular formula is C15H14F2N2O2S. The van der Waals surface area contributed by atoms with Crippen LogP contribution in [0, 0.1) is 11.6 Å². The molecule has 0 aliphatic carbocycles. The van der Waals surface area contributed by atoms with E-state index in [4.69, 9.17) is 5.73 Å². The molecule has 4 nitrogen and oxygen atoms in total. The number of carbonyl (C=O) groups is 2. The minimum atomic E-state index is -0.847. The summed E-state index contributed by atoms with van der Waals surface area (Å²) in [5.41, 5.74) is 5.00. The Morgan fingerprint density at radius 1 is 1.18 bits per heavy atom. The summed E-state index contributed by atoms with van der Waals surface area (Å²) in [4.78, 5) is 24.4. The molecule has 116 valence electrons. The zero-order valence-corrected chi connectivity index (χ0v) is 12.8. The van der Waals surface area contributed by atoms with Gasteiger partial charge in [-0.15, -0.1) is 11.3 Å². The number of amides is 2. The fraction of sp³-hybridized carbons (Fsp3) is 0.200. The normalized spacial score (nSPS) is 10.8. The quantitative estimate of drug-likeness (QED) is 0.903. The first-order valence-corrected chi connectivity index (χ1v) is 7.31. The number of nitrogens with one attached hydrogen (secondary N) is 1. The summed E-state index contributed by atoms with van der Waals surface area (Å²) >= 11 is 1.18. The number of anilines is 1. The van der Waals surface area contributed by atoms with Crippen molar-refractivity contribution in [3.63, 3.8) is 0 Å². The van der Waals surface area contributed by atoms with Gasteiger partial charge in [-0.2, -0.15) is 0 Å². The number of rotatable bonds is 4. The van der Waals surface area contributed by atoms with Gasteiger partial charge in [0.25, 0.3) is 11.8 Å². The van der Waals surface area contributed by atoms with Gasteiger partial charge in [0.1, 0.15) is 16.6 Å². The van der Waals surface area contributed by atoms with Crippen molar-refractivity contribution < 1.29 is 18.4 Å². The lowest BCUT2D eigenvalue weighted by Gasteiger charge is -2.06. The van der Waals surface area contributed by atoms with Gasteiger partial charge in [0.05, 0.1) is 11.1 Å². The first-order chi connectivity index (χ1) is 10.3. The lowest BCUT2D eigenvalue weighted by Crippen LogP contribution is -2.17. The van der Waals surface area contributed by atoms with Crippen LogP contribution in [0.25, 0.3) is 0 Å². The maximum absolute atomic E-state index is 13.6. The van der Waals surface area contributed by atoms with Crippen LogP contribution in [0.2, 0.25) is 0 Å². The van der Waals surface area contributed by atoms with E-state index in [1.165, 1.54) is 11.3 Å². The molecule has 0 radical (unpaired) electrons. The minimum absolute atomic E-state index is 0.139. The predicted molar refractivity (Wildman–Crippen MR) is 81.2 cm³/mol. The molecule has 0 spiro atoms. The van der Waals surface area contributed by atoms with Crippen LogP contribution in [-0.4, -0.2) is 11.8 Å². The Morgan fingerprint density at radius 2 is 1.86 bits per heavy atom. The molecule has 0 atom stereocenters. The number of nitrogens with two attached hydrogens (primary N) is 1. The average molecular weight is 324 g/mol. The first kappa shape index (κ1) is 16.1. The smallest absolute Gasteiger partial charge is 0.259 e. The van der Waals surface area contributed by atoms with Gasteiger partial charge in [-0.05, 0) is 30.2 Å². The van der Waals surface area contributed by atoms with E-state index in [-0.39, 0.29) is 16.5 Å². The molecule has 2 amide bonds. The highest BCUT2D eigenvalue weighted by Gasteiger charge is 2.20. The predicted octanol–water partition coefficient (Wildman–Crippen LogP) is 3.50. The Kier molecular flexibility index (Phi) is 4.56. The molecule has 0 saturated heterocycles. The van der Waals surface area contributed by atoms with E-state index >= 15 is 0 Å². The van der Waals surface area contributed by atoms with E-state index in [1.54, 1.807) is 6.07 Å². The summed E-state index contributed by atoms with van der Waals surface area (Å²) in [6.07, 6.45) is 0. The van der Waals surface area contributed by atoms with Crippen molar-refractivity contribution in [2.24, 2.45) is 5.73 Å². The van der Waals surface area contributed by atoms with Crippen LogP contribution >= 0.6 is 11.3 Å². The van der Waals surface area contributed by atoms with Crippen molar-refractivity contribution in [2.75, 3.05) is 5.32 Å². The van der Waals surface area contributed by atoms with E-state index in [0.717, 1.165) is 23.1 Å². The van der Waals surface area contributed by atoms with Crippen molar-refractivity contribution in [1.82, 2.24) is 0 Å². The highest BCUT2D eigenvalue weighted by Crippen LogP contribution is 2.33. The lowest BCUT2D eigenvalue weighted by molar-refractivity contribution is 0.100. The SMILES string of the molecule is CC(C)c1cc(C(N)=O)c(NC(=O)c2cc(F)ccc2F)s1. The van der Waals surface area contributed by atoms with Crippen molar-refractivity contribution in [1.29, 1.82) is 0 Å². The Labute approximate surface area is 129 Å². The van der Waals surface area contributed by atoms with Gasteiger partial charge >= 0.3 is 0 Å². The molecule has 2 rings (SSSR count). The number of hydrogen-bond acceptors (Lipinski definition) is 3. The highest BCUT2D eigenvalue weighted by atomic mass is 32.1. The standard InChI is InChI=1S/C15H14F2N2O2S/c1-7(2)12-6-10(13(18)20)15(22-12)19-14(21)9-5-8(16)3-4-11(9)17/h3-7H,1-2H3,(H2,18,20)(H,19,21). The molecule has 1 heterocycles. The van der Waals surface area contributed by atoms with Crippen LogP contribution in [0.3, 0.4) is 0 Å². The van der Waals surface area contributed by atoms with Crippen molar-refractivity contribution in [2.45, 2.75) is 19.8 Å². The van der Waals surface area contributed by atoms with Gasteiger partial charge in [-0.25, -0.2) is 8.78 Å². The molecule has 0 bridgehead atoms. The van der Waals surface area contributed by atoms with E-state index in [9.17, 15) is 18.4 Å². The number of hydrogen-bond donors (Lipinski definition) is 2. The third kappa shape index (κ3) is 3.30. The zero-order chi connectivity index (χ0) is 16.4. The molecule has 0 fully saturated rings. The second-order valence-electron chi connectivity index (χ2n) is 4.99. The molecule has 0 saturated carbocycles. The number of thiophene rings is 1. The zero-order valence-electron chi connectivity index (χ0n) is 11.9. The van der Waals surface area contributed by atoms with Gasteiger partial charge in [0, 0.05) is 4.88 Å². The van der Waals surface area contributed by atoms with Crippen molar-refractivity contribution >= 4 is 28.2 Å². The summed E-state index contributed by atoms with van der Waals surface area (Å²) in [5, 5.41) is 2.65. The van der Waals surface area contributed by atoms with Crippen LogP contribution in [0.1, 0.15) is 45.4 Å². The molecule has 0 aliphatic heterocycles. The number of halogens is 2. The lowest BCUT2D eigenvalue weighted by atomic mass is 10.1. The molecule has 22 heavy (non-hydrogen) atoms. The monoisotopic (exact) mass is 324 g/mol. The summed E-state index contributed by atoms with van der Waals surface area (Å²) < 4.78 is 26.7. The third-order valence-electron chi connectivity index (χ3n) is 2.99. The van der Waals surface area contributed by atoms with Gasteiger partial charge in [0.15, 0.2) is 0 Å². The summed E-state index contributed by atoms with van der Waals surface area (Å²) in [6, 6.07) is 4.18.